The quantitative estimate of drug-likeness (QED) is 0.181. The first-order chi connectivity index (χ1) is 18.9. The monoisotopic (exact) mass is 540 g/mol. The fourth-order valence-electron chi connectivity index (χ4n) is 5.11. The third-order valence-electron chi connectivity index (χ3n) is 7.30. The van der Waals surface area contributed by atoms with E-state index in [0.717, 1.165) is 42.3 Å². The minimum Gasteiger partial charge on any atom is -0.436 e. The summed E-state index contributed by atoms with van der Waals surface area (Å²) in [6.07, 6.45) is 1.97. The van der Waals surface area contributed by atoms with Crippen LogP contribution in [0.2, 0.25) is 5.02 Å². The van der Waals surface area contributed by atoms with Crippen molar-refractivity contribution in [2.45, 2.75) is 19.8 Å². The molecule has 0 bridgehead atoms. The first-order valence-corrected chi connectivity index (χ1v) is 13.2. The van der Waals surface area contributed by atoms with Gasteiger partial charge in [-0.15, -0.1) is 0 Å². The number of rotatable bonds is 5. The van der Waals surface area contributed by atoms with Crippen molar-refractivity contribution in [3.63, 3.8) is 0 Å². The van der Waals surface area contributed by atoms with E-state index in [9.17, 15) is 14.9 Å². The maximum absolute atomic E-state index is 13.1. The minimum absolute atomic E-state index is 0.0658. The van der Waals surface area contributed by atoms with Crippen molar-refractivity contribution < 1.29 is 14.1 Å². The van der Waals surface area contributed by atoms with Gasteiger partial charge in [-0.25, -0.2) is 4.98 Å². The first-order valence-electron chi connectivity index (χ1n) is 12.8. The molecule has 0 radical (unpaired) electrons. The molecule has 196 valence electrons. The number of oxazole rings is 1. The van der Waals surface area contributed by atoms with E-state index in [-0.39, 0.29) is 11.3 Å². The molecule has 1 aliphatic heterocycles. The lowest BCUT2D eigenvalue weighted by molar-refractivity contribution is -0.384. The predicted molar refractivity (Wildman–Crippen MR) is 154 cm³/mol. The number of anilines is 2. The average Bonchev–Trinajstić information content (AvgIpc) is 3.36. The van der Waals surface area contributed by atoms with Gasteiger partial charge in [0.2, 0.25) is 5.89 Å². The number of nitro groups is 1. The number of amides is 1. The summed E-state index contributed by atoms with van der Waals surface area (Å²) in [5.41, 5.74) is 3.15. The van der Waals surface area contributed by atoms with Crippen molar-refractivity contribution in [3.8, 4) is 11.5 Å². The van der Waals surface area contributed by atoms with Gasteiger partial charge in [-0.05, 0) is 66.6 Å². The van der Waals surface area contributed by atoms with Crippen molar-refractivity contribution in [1.82, 2.24) is 4.98 Å². The zero-order chi connectivity index (χ0) is 27.1. The predicted octanol–water partition coefficient (Wildman–Crippen LogP) is 7.70. The number of carbonyl (C=O) groups excluding carboxylic acids is 1. The Kier molecular flexibility index (Phi) is 6.40. The van der Waals surface area contributed by atoms with Gasteiger partial charge < -0.3 is 14.6 Å². The largest absolute Gasteiger partial charge is 0.436 e. The molecule has 1 fully saturated rings. The van der Waals surface area contributed by atoms with E-state index in [2.05, 4.69) is 17.2 Å². The smallest absolute Gasteiger partial charge is 0.293 e. The van der Waals surface area contributed by atoms with Crippen LogP contribution in [0.15, 0.2) is 77.2 Å². The Balaban J connectivity index is 1.26. The lowest BCUT2D eigenvalue weighted by atomic mass is 9.98. The molecule has 1 N–H and O–H groups in total. The lowest BCUT2D eigenvalue weighted by Gasteiger charge is -2.31. The molecule has 0 spiro atoms. The van der Waals surface area contributed by atoms with Crippen LogP contribution < -0.4 is 10.2 Å². The summed E-state index contributed by atoms with van der Waals surface area (Å²) in [5, 5.41) is 17.2. The number of piperidine rings is 1. The second kappa shape index (κ2) is 10.0. The summed E-state index contributed by atoms with van der Waals surface area (Å²) in [6, 6.07) is 21.3. The molecule has 5 aromatic rings. The van der Waals surface area contributed by atoms with Crippen molar-refractivity contribution >= 4 is 56.4 Å². The van der Waals surface area contributed by atoms with Crippen molar-refractivity contribution in [3.05, 3.63) is 93.5 Å². The number of carbonyl (C=O) groups is 1. The molecule has 39 heavy (non-hydrogen) atoms. The first kappa shape index (κ1) is 24.9. The number of hydrogen-bond donors (Lipinski definition) is 1. The van der Waals surface area contributed by atoms with E-state index in [4.69, 9.17) is 16.0 Å². The number of benzene rings is 4. The van der Waals surface area contributed by atoms with Crippen LogP contribution in [0.4, 0.5) is 17.1 Å². The van der Waals surface area contributed by atoms with Crippen LogP contribution in [-0.2, 0) is 0 Å². The molecule has 2 heterocycles. The topological polar surface area (TPSA) is 102 Å². The Morgan fingerprint density at radius 2 is 1.82 bits per heavy atom. The van der Waals surface area contributed by atoms with Crippen LogP contribution >= 0.6 is 11.6 Å². The van der Waals surface area contributed by atoms with E-state index in [1.165, 1.54) is 6.07 Å². The Bertz CT molecular complexity index is 1740. The molecule has 0 atom stereocenters. The maximum Gasteiger partial charge on any atom is 0.293 e. The minimum atomic E-state index is -0.441. The molecule has 1 amide bonds. The van der Waals surface area contributed by atoms with Crippen LogP contribution in [-0.4, -0.2) is 28.9 Å². The molecule has 9 heteroatoms. The summed E-state index contributed by atoms with van der Waals surface area (Å²) < 4.78 is 6.02. The highest BCUT2D eigenvalue weighted by Crippen LogP contribution is 2.35. The van der Waals surface area contributed by atoms with Gasteiger partial charge >= 0.3 is 0 Å². The summed E-state index contributed by atoms with van der Waals surface area (Å²) in [4.78, 5) is 31.2. The van der Waals surface area contributed by atoms with Gasteiger partial charge in [-0.3, -0.25) is 14.9 Å². The number of hydrogen-bond acceptors (Lipinski definition) is 6. The summed E-state index contributed by atoms with van der Waals surface area (Å²) in [7, 11) is 0. The molecule has 0 aliphatic carbocycles. The normalized spacial score (nSPS) is 14.2. The maximum atomic E-state index is 13.1. The number of fused-ring (bicyclic) bond motifs is 2. The standard InChI is InChI=1S/C30H25ClN4O4/c1-18-12-14-34(15-13-18)26-10-8-19(16-27(26)35(37)38)29(36)32-20-9-11-28-25(17-20)33-30(39-28)23-6-2-5-22-21(23)4-3-7-24(22)31/h2-11,16-18H,12-15H2,1H3,(H,32,36). The van der Waals surface area contributed by atoms with Crippen LogP contribution in [0, 0.1) is 16.0 Å². The molecule has 4 aromatic carbocycles. The number of nitrogens with zero attached hydrogens (tertiary/aromatic N) is 3. The van der Waals surface area contributed by atoms with E-state index >= 15 is 0 Å². The molecule has 0 saturated carbocycles. The average molecular weight is 541 g/mol. The van der Waals surface area contributed by atoms with Crippen LogP contribution in [0.1, 0.15) is 30.1 Å². The number of nitro benzene ring substituents is 1. The highest BCUT2D eigenvalue weighted by molar-refractivity contribution is 6.35. The number of aromatic nitrogens is 1. The Morgan fingerprint density at radius 1 is 1.05 bits per heavy atom. The Morgan fingerprint density at radius 3 is 2.62 bits per heavy atom. The van der Waals surface area contributed by atoms with Crippen molar-refractivity contribution in [2.24, 2.45) is 5.92 Å². The van der Waals surface area contributed by atoms with Gasteiger partial charge in [0.05, 0.1) is 4.92 Å². The van der Waals surface area contributed by atoms with E-state index in [0.29, 0.717) is 39.3 Å². The highest BCUT2D eigenvalue weighted by Gasteiger charge is 2.25. The van der Waals surface area contributed by atoms with Crippen LogP contribution in [0.25, 0.3) is 33.3 Å². The van der Waals surface area contributed by atoms with Crippen molar-refractivity contribution in [2.75, 3.05) is 23.3 Å². The molecule has 1 aliphatic rings. The molecular formula is C30H25ClN4O4. The molecule has 0 unspecified atom stereocenters. The van der Waals surface area contributed by atoms with Gasteiger partial charge in [-0.1, -0.05) is 42.8 Å². The van der Waals surface area contributed by atoms with E-state index in [1.807, 2.05) is 41.3 Å². The Labute approximate surface area is 229 Å². The van der Waals surface area contributed by atoms with E-state index in [1.54, 1.807) is 30.3 Å². The third kappa shape index (κ3) is 4.79. The zero-order valence-corrected chi connectivity index (χ0v) is 21.9. The second-order valence-corrected chi connectivity index (χ2v) is 10.3. The van der Waals surface area contributed by atoms with Crippen molar-refractivity contribution in [1.29, 1.82) is 0 Å². The van der Waals surface area contributed by atoms with Crippen LogP contribution in [0.3, 0.4) is 0 Å². The van der Waals surface area contributed by atoms with Gasteiger partial charge in [0.15, 0.2) is 5.58 Å². The fraction of sp³-hybridized carbons (Fsp3) is 0.200. The lowest BCUT2D eigenvalue weighted by Crippen LogP contribution is -2.33. The molecule has 1 saturated heterocycles. The Hall–Kier alpha value is -4.43. The fourth-order valence-corrected chi connectivity index (χ4v) is 5.35. The molecule has 8 nitrogen and oxygen atoms in total. The summed E-state index contributed by atoms with van der Waals surface area (Å²) in [5.74, 6) is 0.609. The SMILES string of the molecule is CC1CCN(c2ccc(C(=O)Nc3ccc4oc(-c5cccc6c(Cl)cccc56)nc4c3)cc2[N+](=O)[O-])CC1. The van der Waals surface area contributed by atoms with Gasteiger partial charge in [0.1, 0.15) is 11.2 Å². The molecule has 6 rings (SSSR count). The molecule has 1 aromatic heterocycles. The third-order valence-corrected chi connectivity index (χ3v) is 7.63. The number of halogens is 1. The van der Waals surface area contributed by atoms with Gasteiger partial charge in [0, 0.05) is 46.4 Å². The molecular weight excluding hydrogens is 516 g/mol. The summed E-state index contributed by atoms with van der Waals surface area (Å²) >= 11 is 6.36. The second-order valence-electron chi connectivity index (χ2n) is 9.93. The van der Waals surface area contributed by atoms with Crippen LogP contribution in [0.5, 0.6) is 0 Å². The summed E-state index contributed by atoms with van der Waals surface area (Å²) in [6.45, 7) is 3.72. The van der Waals surface area contributed by atoms with Gasteiger partial charge in [-0.2, -0.15) is 0 Å². The number of nitrogens with one attached hydrogen (secondary N) is 1. The zero-order valence-electron chi connectivity index (χ0n) is 21.2. The highest BCUT2D eigenvalue weighted by atomic mass is 35.5. The van der Waals surface area contributed by atoms with E-state index < -0.39 is 10.8 Å². The van der Waals surface area contributed by atoms with Gasteiger partial charge in [0.25, 0.3) is 11.6 Å².